The first-order chi connectivity index (χ1) is 15.6. The molecule has 2 rings (SSSR count). The third-order valence-corrected chi connectivity index (χ3v) is 5.85. The summed E-state index contributed by atoms with van der Waals surface area (Å²) < 4.78 is 32.9. The zero-order valence-corrected chi connectivity index (χ0v) is 19.9. The van der Waals surface area contributed by atoms with Gasteiger partial charge in [-0.1, -0.05) is 71.6 Å². The Morgan fingerprint density at radius 2 is 1.50 bits per heavy atom. The average molecular weight is 447 g/mol. The van der Waals surface area contributed by atoms with Crippen LogP contribution >= 0.6 is 0 Å². The number of alkyl halides is 1. The molecule has 0 spiro atoms. The normalized spacial score (nSPS) is 12.1. The molecule has 5 heteroatoms. The summed E-state index contributed by atoms with van der Waals surface area (Å²) in [6.45, 7) is 4.20. The molecule has 0 saturated carbocycles. The Bertz CT molecular complexity index is 752. The molecule has 1 aromatic heterocycles. The van der Waals surface area contributed by atoms with Crippen LogP contribution in [0.2, 0.25) is 0 Å². The molecule has 178 valence electrons. The summed E-state index contributed by atoms with van der Waals surface area (Å²) in [6.07, 6.45) is 17.7. The van der Waals surface area contributed by atoms with Crippen LogP contribution < -0.4 is 4.74 Å². The topological polar surface area (TPSA) is 35.0 Å². The predicted molar refractivity (Wildman–Crippen MR) is 128 cm³/mol. The molecule has 0 amide bonds. The van der Waals surface area contributed by atoms with Gasteiger partial charge < -0.3 is 4.74 Å². The van der Waals surface area contributed by atoms with Gasteiger partial charge in [-0.15, -0.1) is 0 Å². The van der Waals surface area contributed by atoms with Gasteiger partial charge in [-0.25, -0.2) is 18.7 Å². The summed E-state index contributed by atoms with van der Waals surface area (Å²) in [6, 6.07) is 4.67. The number of hydrogen-bond acceptors (Lipinski definition) is 3. The molecule has 0 saturated heterocycles. The maximum Gasteiger partial charge on any atom is 0.165 e. The van der Waals surface area contributed by atoms with E-state index in [4.69, 9.17) is 4.74 Å². The van der Waals surface area contributed by atoms with Crippen LogP contribution in [0.4, 0.5) is 8.78 Å². The van der Waals surface area contributed by atoms with Crippen LogP contribution in [-0.2, 0) is 6.42 Å². The van der Waals surface area contributed by atoms with Gasteiger partial charge >= 0.3 is 0 Å². The van der Waals surface area contributed by atoms with E-state index < -0.39 is 12.0 Å². The van der Waals surface area contributed by atoms with Crippen LogP contribution in [0.5, 0.6) is 5.75 Å². The lowest BCUT2D eigenvalue weighted by Gasteiger charge is -2.10. The Hall–Kier alpha value is -2.04. The van der Waals surface area contributed by atoms with Crippen LogP contribution in [0.1, 0.15) is 96.5 Å². The molecule has 0 radical (unpaired) electrons. The number of benzene rings is 1. The third-order valence-electron chi connectivity index (χ3n) is 5.85. The van der Waals surface area contributed by atoms with E-state index in [1.54, 1.807) is 19.1 Å². The summed E-state index contributed by atoms with van der Waals surface area (Å²) in [5, 5.41) is 0. The largest absolute Gasteiger partial charge is 0.490 e. The number of halogens is 2. The lowest BCUT2D eigenvalue weighted by molar-refractivity contribution is 0.225. The van der Waals surface area contributed by atoms with Crippen molar-refractivity contribution in [2.45, 2.75) is 103 Å². The Balaban J connectivity index is 1.69. The highest BCUT2D eigenvalue weighted by Crippen LogP contribution is 2.24. The van der Waals surface area contributed by atoms with E-state index in [0.717, 1.165) is 18.4 Å². The number of ether oxygens (including phenoxy) is 1. The number of aromatic nitrogens is 2. The molecule has 0 N–H and O–H groups in total. The van der Waals surface area contributed by atoms with Crippen molar-refractivity contribution < 1.29 is 13.5 Å². The lowest BCUT2D eigenvalue weighted by Crippen LogP contribution is -2.07. The van der Waals surface area contributed by atoms with E-state index in [2.05, 4.69) is 16.9 Å². The van der Waals surface area contributed by atoms with Crippen molar-refractivity contribution >= 4 is 0 Å². The predicted octanol–water partition coefficient (Wildman–Crippen LogP) is 8.26. The zero-order valence-electron chi connectivity index (χ0n) is 19.9. The first-order valence-electron chi connectivity index (χ1n) is 12.5. The van der Waals surface area contributed by atoms with Crippen LogP contribution in [0.25, 0.3) is 11.4 Å². The van der Waals surface area contributed by atoms with Gasteiger partial charge in [-0.3, -0.25) is 0 Å². The van der Waals surface area contributed by atoms with Gasteiger partial charge in [-0.05, 0) is 43.0 Å². The van der Waals surface area contributed by atoms with E-state index in [0.29, 0.717) is 17.8 Å². The maximum absolute atomic E-state index is 14.3. The van der Waals surface area contributed by atoms with Gasteiger partial charge in [0.2, 0.25) is 0 Å². The van der Waals surface area contributed by atoms with Gasteiger partial charge in [0.05, 0.1) is 6.61 Å². The molecule has 0 aliphatic heterocycles. The van der Waals surface area contributed by atoms with E-state index in [1.807, 2.05) is 12.4 Å². The smallest absolute Gasteiger partial charge is 0.165 e. The summed E-state index contributed by atoms with van der Waals surface area (Å²) >= 11 is 0. The molecule has 1 aromatic carbocycles. The first kappa shape index (κ1) is 26.2. The Morgan fingerprint density at radius 1 is 0.875 bits per heavy atom. The Morgan fingerprint density at radius 3 is 2.09 bits per heavy atom. The fraction of sp³-hybridized carbons (Fsp3) is 0.630. The number of aryl methyl sites for hydroxylation is 1. The standard InChI is InChI=1S/C27H40F2N2O/c1-3-5-6-7-8-9-10-11-12-13-14-22-20-30-27(31-21-22)23-15-16-26(25(29)19-23)32-18-17-24(28)4-2/h15-16,19-21,24H,3-14,17-18H2,1-2H3. The highest BCUT2D eigenvalue weighted by atomic mass is 19.1. The second-order valence-electron chi connectivity index (χ2n) is 8.63. The molecule has 1 atom stereocenters. The summed E-state index contributed by atoms with van der Waals surface area (Å²) in [7, 11) is 0. The summed E-state index contributed by atoms with van der Waals surface area (Å²) in [5.41, 5.74) is 1.72. The minimum absolute atomic E-state index is 0.134. The monoisotopic (exact) mass is 446 g/mol. The van der Waals surface area contributed by atoms with Crippen molar-refractivity contribution in [1.82, 2.24) is 9.97 Å². The quantitative estimate of drug-likeness (QED) is 0.229. The highest BCUT2D eigenvalue weighted by Gasteiger charge is 2.10. The van der Waals surface area contributed by atoms with Crippen molar-refractivity contribution in [1.29, 1.82) is 0 Å². The van der Waals surface area contributed by atoms with Crippen LogP contribution in [0, 0.1) is 5.82 Å². The van der Waals surface area contributed by atoms with Gasteiger partial charge in [0, 0.05) is 24.4 Å². The molecule has 1 unspecified atom stereocenters. The fourth-order valence-corrected chi connectivity index (χ4v) is 3.71. The summed E-state index contributed by atoms with van der Waals surface area (Å²) in [5.74, 6) is 0.152. The van der Waals surface area contributed by atoms with E-state index in [-0.39, 0.29) is 18.8 Å². The maximum atomic E-state index is 14.3. The molecule has 0 aliphatic carbocycles. The summed E-state index contributed by atoms with van der Waals surface area (Å²) in [4.78, 5) is 8.82. The number of hydrogen-bond donors (Lipinski definition) is 0. The van der Waals surface area contributed by atoms with Crippen LogP contribution in [0.15, 0.2) is 30.6 Å². The molecule has 32 heavy (non-hydrogen) atoms. The van der Waals surface area contributed by atoms with E-state index in [9.17, 15) is 8.78 Å². The SMILES string of the molecule is CCCCCCCCCCCCc1cnc(-c2ccc(OCCC(F)CC)c(F)c2)nc1. The molecule has 2 aromatic rings. The van der Waals surface area contributed by atoms with Crippen LogP contribution in [-0.4, -0.2) is 22.7 Å². The molecule has 1 heterocycles. The molecule has 3 nitrogen and oxygen atoms in total. The molecular formula is C27H40F2N2O. The second kappa shape index (κ2) is 15.7. The molecule has 0 fully saturated rings. The van der Waals surface area contributed by atoms with Crippen molar-refractivity contribution in [3.05, 3.63) is 42.0 Å². The van der Waals surface area contributed by atoms with Gasteiger partial charge in [0.15, 0.2) is 17.4 Å². The van der Waals surface area contributed by atoms with Crippen molar-refractivity contribution in [2.24, 2.45) is 0 Å². The molecule has 0 aliphatic rings. The third kappa shape index (κ3) is 10.1. The first-order valence-corrected chi connectivity index (χ1v) is 12.5. The van der Waals surface area contributed by atoms with Crippen molar-refractivity contribution in [2.75, 3.05) is 6.61 Å². The number of nitrogens with zero attached hydrogens (tertiary/aromatic N) is 2. The van der Waals surface area contributed by atoms with Crippen molar-refractivity contribution in [3.63, 3.8) is 0 Å². The minimum Gasteiger partial charge on any atom is -0.490 e. The lowest BCUT2D eigenvalue weighted by atomic mass is 10.0. The Kier molecular flexibility index (Phi) is 12.9. The average Bonchev–Trinajstić information content (AvgIpc) is 2.81. The second-order valence-corrected chi connectivity index (χ2v) is 8.63. The zero-order chi connectivity index (χ0) is 23.0. The Labute approximate surface area is 193 Å². The molecular weight excluding hydrogens is 406 g/mol. The van der Waals surface area contributed by atoms with Crippen LogP contribution in [0.3, 0.4) is 0 Å². The fourth-order valence-electron chi connectivity index (χ4n) is 3.71. The van der Waals surface area contributed by atoms with E-state index >= 15 is 0 Å². The van der Waals surface area contributed by atoms with Gasteiger partial charge in [0.25, 0.3) is 0 Å². The number of unbranched alkanes of at least 4 members (excludes halogenated alkanes) is 9. The van der Waals surface area contributed by atoms with E-state index in [1.165, 1.54) is 63.9 Å². The number of rotatable bonds is 17. The van der Waals surface area contributed by atoms with Gasteiger partial charge in [-0.2, -0.15) is 0 Å². The highest BCUT2D eigenvalue weighted by molar-refractivity contribution is 5.56. The van der Waals surface area contributed by atoms with Gasteiger partial charge in [0.1, 0.15) is 6.17 Å². The molecule has 0 bridgehead atoms. The van der Waals surface area contributed by atoms with Crippen molar-refractivity contribution in [3.8, 4) is 17.1 Å². The minimum atomic E-state index is -0.912.